The van der Waals surface area contributed by atoms with Gasteiger partial charge in [-0.15, -0.1) is 0 Å². The number of urea groups is 1. The van der Waals surface area contributed by atoms with Crippen molar-refractivity contribution in [1.29, 1.82) is 0 Å². The van der Waals surface area contributed by atoms with Gasteiger partial charge >= 0.3 is 6.03 Å². The van der Waals surface area contributed by atoms with Gasteiger partial charge in [-0.3, -0.25) is 0 Å². The van der Waals surface area contributed by atoms with Gasteiger partial charge in [0.2, 0.25) is 0 Å². The van der Waals surface area contributed by atoms with Crippen LogP contribution < -0.4 is 15.4 Å². The molecule has 2 N–H and O–H groups in total. The Kier molecular flexibility index (Phi) is 8.22. The molecule has 1 aromatic rings. The lowest BCUT2D eigenvalue weighted by molar-refractivity contribution is 0.192. The van der Waals surface area contributed by atoms with Gasteiger partial charge in [-0.05, 0) is 30.5 Å². The van der Waals surface area contributed by atoms with E-state index in [4.69, 9.17) is 9.47 Å². The fraction of sp³-hybridized carbons (Fsp3) is 0.533. The normalized spacial score (nSPS) is 10.1. The van der Waals surface area contributed by atoms with Gasteiger partial charge in [-0.25, -0.2) is 4.79 Å². The van der Waals surface area contributed by atoms with Crippen molar-refractivity contribution in [1.82, 2.24) is 10.6 Å². The average molecular weight is 280 g/mol. The summed E-state index contributed by atoms with van der Waals surface area (Å²) in [6, 6.07) is 7.70. The van der Waals surface area contributed by atoms with E-state index in [0.29, 0.717) is 13.2 Å². The lowest BCUT2D eigenvalue weighted by atomic mass is 10.1. The van der Waals surface area contributed by atoms with Crippen LogP contribution in [-0.4, -0.2) is 33.0 Å². The number of methoxy groups -OCH3 is 1. The molecule has 5 heteroatoms. The van der Waals surface area contributed by atoms with Crippen LogP contribution in [0.15, 0.2) is 24.3 Å². The summed E-state index contributed by atoms with van der Waals surface area (Å²) in [7, 11) is 1.64. The molecule has 5 nitrogen and oxygen atoms in total. The Labute approximate surface area is 120 Å². The first kappa shape index (κ1) is 16.3. The second-order valence-electron chi connectivity index (χ2n) is 4.46. The Bertz CT molecular complexity index is 379. The van der Waals surface area contributed by atoms with Crippen molar-refractivity contribution >= 4 is 6.03 Å². The maximum absolute atomic E-state index is 11.4. The van der Waals surface area contributed by atoms with Crippen molar-refractivity contribution in [2.45, 2.75) is 26.2 Å². The molecule has 1 rings (SSSR count). The fourth-order valence-corrected chi connectivity index (χ4v) is 1.71. The van der Waals surface area contributed by atoms with E-state index in [-0.39, 0.29) is 12.8 Å². The molecule has 20 heavy (non-hydrogen) atoms. The summed E-state index contributed by atoms with van der Waals surface area (Å²) >= 11 is 0. The number of nitrogens with one attached hydrogen (secondary N) is 2. The van der Waals surface area contributed by atoms with E-state index in [9.17, 15) is 4.79 Å². The molecule has 112 valence electrons. The third-order valence-corrected chi connectivity index (χ3v) is 2.74. The Morgan fingerprint density at radius 2 is 1.95 bits per heavy atom. The second-order valence-corrected chi connectivity index (χ2v) is 4.46. The maximum atomic E-state index is 11.4. The van der Waals surface area contributed by atoms with Crippen molar-refractivity contribution < 1.29 is 14.3 Å². The number of ether oxygens (including phenoxy) is 2. The van der Waals surface area contributed by atoms with Crippen LogP contribution in [0.25, 0.3) is 0 Å². The highest BCUT2D eigenvalue weighted by molar-refractivity contribution is 5.73. The van der Waals surface area contributed by atoms with E-state index in [2.05, 4.69) is 17.6 Å². The van der Waals surface area contributed by atoms with Crippen molar-refractivity contribution in [2.24, 2.45) is 0 Å². The lowest BCUT2D eigenvalue weighted by Gasteiger charge is -2.09. The molecular formula is C15H24N2O3. The summed E-state index contributed by atoms with van der Waals surface area (Å²) in [5.41, 5.74) is 1.30. The first-order valence-corrected chi connectivity index (χ1v) is 6.98. The molecule has 0 heterocycles. The molecule has 0 fully saturated rings. The largest absolute Gasteiger partial charge is 0.473 e. The monoisotopic (exact) mass is 280 g/mol. The van der Waals surface area contributed by atoms with E-state index >= 15 is 0 Å². The molecule has 0 saturated heterocycles. The molecule has 0 bridgehead atoms. The molecule has 0 aliphatic rings. The highest BCUT2D eigenvalue weighted by Crippen LogP contribution is 2.12. The van der Waals surface area contributed by atoms with E-state index in [1.807, 2.05) is 24.3 Å². The summed E-state index contributed by atoms with van der Waals surface area (Å²) in [5.74, 6) is 0.754. The molecule has 2 amide bonds. The highest BCUT2D eigenvalue weighted by Gasteiger charge is 1.99. The summed E-state index contributed by atoms with van der Waals surface area (Å²) in [6.45, 7) is 3.54. The number of benzene rings is 1. The third kappa shape index (κ3) is 6.99. The van der Waals surface area contributed by atoms with Gasteiger partial charge in [0.25, 0.3) is 0 Å². The van der Waals surface area contributed by atoms with Crippen LogP contribution in [0, 0.1) is 0 Å². The number of aryl methyl sites for hydroxylation is 1. The van der Waals surface area contributed by atoms with E-state index in [1.54, 1.807) is 7.11 Å². The zero-order valence-corrected chi connectivity index (χ0v) is 12.3. The van der Waals surface area contributed by atoms with Crippen LogP contribution in [0.4, 0.5) is 4.79 Å². The van der Waals surface area contributed by atoms with Crippen molar-refractivity contribution in [3.63, 3.8) is 0 Å². The number of rotatable bonds is 9. The van der Waals surface area contributed by atoms with Gasteiger partial charge in [-0.1, -0.05) is 25.5 Å². The molecule has 0 saturated carbocycles. The average Bonchev–Trinajstić information content (AvgIpc) is 2.46. The summed E-state index contributed by atoms with van der Waals surface area (Å²) in [6.07, 6.45) is 3.00. The lowest BCUT2D eigenvalue weighted by Crippen LogP contribution is -2.38. The first-order valence-electron chi connectivity index (χ1n) is 6.98. The van der Waals surface area contributed by atoms with Gasteiger partial charge in [0, 0.05) is 20.3 Å². The van der Waals surface area contributed by atoms with Crippen LogP contribution in [0.2, 0.25) is 0 Å². The summed E-state index contributed by atoms with van der Waals surface area (Å²) in [4.78, 5) is 11.4. The predicted molar refractivity (Wildman–Crippen MR) is 79.0 cm³/mol. The zero-order valence-electron chi connectivity index (χ0n) is 12.3. The number of carbonyl (C=O) groups excluding carboxylic acids is 1. The molecule has 0 spiro atoms. The molecule has 0 atom stereocenters. The highest BCUT2D eigenvalue weighted by atomic mass is 16.5. The number of hydrogen-bond acceptors (Lipinski definition) is 3. The molecular weight excluding hydrogens is 256 g/mol. The Morgan fingerprint density at radius 3 is 2.60 bits per heavy atom. The Morgan fingerprint density at radius 1 is 1.20 bits per heavy atom. The fourth-order valence-electron chi connectivity index (χ4n) is 1.71. The molecule has 0 aliphatic carbocycles. The summed E-state index contributed by atoms with van der Waals surface area (Å²) in [5, 5.41) is 5.35. The van der Waals surface area contributed by atoms with E-state index < -0.39 is 0 Å². The minimum atomic E-state index is -0.233. The maximum Gasteiger partial charge on any atom is 0.317 e. The molecule has 0 radical (unpaired) electrons. The summed E-state index contributed by atoms with van der Waals surface area (Å²) < 4.78 is 10.3. The van der Waals surface area contributed by atoms with Crippen LogP contribution in [0.1, 0.15) is 25.3 Å². The number of amides is 2. The SMILES string of the molecule is CCCc1ccc(OCNC(=O)NCCCOC)cc1. The number of carbonyl (C=O) groups is 1. The van der Waals surface area contributed by atoms with Crippen LogP contribution in [0.3, 0.4) is 0 Å². The van der Waals surface area contributed by atoms with Gasteiger partial charge in [0.05, 0.1) is 0 Å². The number of hydrogen-bond donors (Lipinski definition) is 2. The van der Waals surface area contributed by atoms with Crippen LogP contribution in [-0.2, 0) is 11.2 Å². The minimum Gasteiger partial charge on any atom is -0.473 e. The van der Waals surface area contributed by atoms with Crippen LogP contribution in [0.5, 0.6) is 5.75 Å². The zero-order chi connectivity index (χ0) is 14.6. The van der Waals surface area contributed by atoms with Crippen LogP contribution >= 0.6 is 0 Å². The van der Waals surface area contributed by atoms with Gasteiger partial charge < -0.3 is 20.1 Å². The quantitative estimate of drug-likeness (QED) is 0.539. The minimum absolute atomic E-state index is 0.156. The molecule has 0 unspecified atom stereocenters. The van der Waals surface area contributed by atoms with Gasteiger partial charge in [-0.2, -0.15) is 0 Å². The predicted octanol–water partition coefficient (Wildman–Crippen LogP) is 2.31. The van der Waals surface area contributed by atoms with Crippen molar-refractivity contribution in [3.05, 3.63) is 29.8 Å². The van der Waals surface area contributed by atoms with E-state index in [0.717, 1.165) is 25.0 Å². The first-order chi connectivity index (χ1) is 9.76. The topological polar surface area (TPSA) is 59.6 Å². The van der Waals surface area contributed by atoms with Gasteiger partial charge in [0.1, 0.15) is 5.75 Å². The van der Waals surface area contributed by atoms with E-state index in [1.165, 1.54) is 5.56 Å². The molecule has 0 aromatic heterocycles. The van der Waals surface area contributed by atoms with Crippen molar-refractivity contribution in [2.75, 3.05) is 27.0 Å². The standard InChI is InChI=1S/C15H24N2O3/c1-3-5-13-6-8-14(9-7-13)20-12-17-15(18)16-10-4-11-19-2/h6-9H,3-5,10-12H2,1-2H3,(H2,16,17,18). The third-order valence-electron chi connectivity index (χ3n) is 2.74. The molecule has 0 aliphatic heterocycles. The Hall–Kier alpha value is -1.75. The smallest absolute Gasteiger partial charge is 0.317 e. The Balaban J connectivity index is 2.15. The molecule has 1 aromatic carbocycles. The van der Waals surface area contributed by atoms with Crippen molar-refractivity contribution in [3.8, 4) is 5.75 Å². The van der Waals surface area contributed by atoms with Gasteiger partial charge in [0.15, 0.2) is 6.73 Å². The second kappa shape index (κ2) is 10.1.